The van der Waals surface area contributed by atoms with E-state index in [0.29, 0.717) is 12.0 Å². The topological polar surface area (TPSA) is 54.0 Å². The second-order valence-electron chi connectivity index (χ2n) is 3.88. The lowest BCUT2D eigenvalue weighted by Gasteiger charge is -2.17. The maximum absolute atomic E-state index is 12.4. The van der Waals surface area contributed by atoms with Crippen LogP contribution >= 0.6 is 0 Å². The number of hydrogen-bond donors (Lipinski definition) is 0. The number of alkyl halides is 3. The Hall–Kier alpha value is -2.12. The summed E-state index contributed by atoms with van der Waals surface area (Å²) < 4.78 is 55.5. The van der Waals surface area contributed by atoms with Gasteiger partial charge in [-0.2, -0.15) is 0 Å². The number of ether oxygens (including phenoxy) is 4. The van der Waals surface area contributed by atoms with E-state index in [1.54, 1.807) is 6.92 Å². The van der Waals surface area contributed by atoms with Gasteiger partial charge in [-0.05, 0) is 12.5 Å². The van der Waals surface area contributed by atoms with Crippen molar-refractivity contribution < 1.29 is 36.9 Å². The molecular formula is C13H15F3O5. The van der Waals surface area contributed by atoms with Crippen molar-refractivity contribution in [3.8, 4) is 17.2 Å². The van der Waals surface area contributed by atoms with Gasteiger partial charge in [-0.25, -0.2) is 4.79 Å². The van der Waals surface area contributed by atoms with Crippen molar-refractivity contribution in [2.45, 2.75) is 19.7 Å². The van der Waals surface area contributed by atoms with Crippen LogP contribution in [0.1, 0.15) is 12.5 Å². The Labute approximate surface area is 119 Å². The molecule has 0 saturated heterocycles. The minimum Gasteiger partial charge on any atom is -0.493 e. The van der Waals surface area contributed by atoms with Crippen LogP contribution in [0.15, 0.2) is 12.1 Å². The molecule has 0 fully saturated rings. The minimum atomic E-state index is -4.86. The van der Waals surface area contributed by atoms with E-state index in [0.717, 1.165) is 6.07 Å². The zero-order valence-electron chi connectivity index (χ0n) is 11.7. The van der Waals surface area contributed by atoms with Crippen molar-refractivity contribution in [1.82, 2.24) is 0 Å². The highest BCUT2D eigenvalue weighted by Crippen LogP contribution is 2.39. The zero-order valence-corrected chi connectivity index (χ0v) is 11.7. The van der Waals surface area contributed by atoms with Gasteiger partial charge in [0, 0.05) is 11.6 Å². The van der Waals surface area contributed by atoms with Crippen LogP contribution in [0.3, 0.4) is 0 Å². The second kappa shape index (κ2) is 7.05. The van der Waals surface area contributed by atoms with Gasteiger partial charge >= 0.3 is 12.3 Å². The Balaban J connectivity index is 3.11. The van der Waals surface area contributed by atoms with Crippen LogP contribution in [0.25, 0.3) is 0 Å². The van der Waals surface area contributed by atoms with Crippen LogP contribution in [0.2, 0.25) is 0 Å². The predicted octanol–water partition coefficient (Wildman–Crippen LogP) is 2.71. The lowest BCUT2D eigenvalue weighted by atomic mass is 10.1. The lowest BCUT2D eigenvalue weighted by molar-refractivity contribution is -0.275. The van der Waals surface area contributed by atoms with Gasteiger partial charge in [0.05, 0.1) is 14.2 Å². The van der Waals surface area contributed by atoms with Gasteiger partial charge in [-0.1, -0.05) is 6.92 Å². The van der Waals surface area contributed by atoms with Gasteiger partial charge in [-0.15, -0.1) is 13.2 Å². The van der Waals surface area contributed by atoms with Gasteiger partial charge in [0.25, 0.3) is 0 Å². The van der Waals surface area contributed by atoms with Crippen molar-refractivity contribution in [3.63, 3.8) is 0 Å². The molecule has 0 atom stereocenters. The fraction of sp³-hybridized carbons (Fsp3) is 0.462. The highest BCUT2D eigenvalue weighted by atomic mass is 19.4. The molecule has 0 radical (unpaired) electrons. The summed E-state index contributed by atoms with van der Waals surface area (Å²) in [4.78, 5) is 11.0. The number of methoxy groups -OCH3 is 2. The molecule has 21 heavy (non-hydrogen) atoms. The van der Waals surface area contributed by atoms with Crippen molar-refractivity contribution in [3.05, 3.63) is 17.7 Å². The van der Waals surface area contributed by atoms with E-state index in [9.17, 15) is 18.0 Å². The Morgan fingerprint density at radius 3 is 2.38 bits per heavy atom. The van der Waals surface area contributed by atoms with Crippen molar-refractivity contribution in [2.75, 3.05) is 20.8 Å². The average molecular weight is 308 g/mol. The first-order valence-electron chi connectivity index (χ1n) is 5.97. The van der Waals surface area contributed by atoms with E-state index in [1.807, 2.05) is 0 Å². The number of carbonyl (C=O) groups is 1. The van der Waals surface area contributed by atoms with Gasteiger partial charge < -0.3 is 18.9 Å². The molecule has 1 rings (SSSR count). The van der Waals surface area contributed by atoms with E-state index in [4.69, 9.17) is 9.47 Å². The minimum absolute atomic E-state index is 0.0276. The highest BCUT2D eigenvalue weighted by Gasteiger charge is 2.33. The Morgan fingerprint density at radius 2 is 1.90 bits per heavy atom. The third-order valence-electron chi connectivity index (χ3n) is 2.50. The average Bonchev–Trinajstić information content (AvgIpc) is 2.42. The van der Waals surface area contributed by atoms with Crippen molar-refractivity contribution in [1.29, 1.82) is 0 Å². The van der Waals surface area contributed by atoms with E-state index in [2.05, 4.69) is 9.47 Å². The molecule has 0 amide bonds. The molecule has 0 aliphatic rings. The van der Waals surface area contributed by atoms with Gasteiger partial charge in [0.15, 0.2) is 18.1 Å². The number of hydrogen-bond acceptors (Lipinski definition) is 5. The number of aryl methyl sites for hydroxylation is 1. The van der Waals surface area contributed by atoms with Crippen molar-refractivity contribution in [2.24, 2.45) is 0 Å². The molecule has 0 heterocycles. The number of rotatable bonds is 6. The van der Waals surface area contributed by atoms with Crippen LogP contribution in [-0.2, 0) is 16.0 Å². The normalized spacial score (nSPS) is 11.0. The van der Waals surface area contributed by atoms with E-state index >= 15 is 0 Å². The van der Waals surface area contributed by atoms with Crippen molar-refractivity contribution >= 4 is 5.97 Å². The standard InChI is InChI=1S/C13H15F3O5/c1-4-8-5-9(20-7-11(17)18-2)6-10(12(8)19-3)21-13(14,15)16/h5-6H,4,7H2,1-3H3. The molecule has 0 unspecified atom stereocenters. The van der Waals surface area contributed by atoms with E-state index in [-0.39, 0.29) is 11.5 Å². The maximum Gasteiger partial charge on any atom is 0.573 e. The molecule has 8 heteroatoms. The first-order chi connectivity index (χ1) is 9.80. The molecular weight excluding hydrogens is 293 g/mol. The fourth-order valence-corrected chi connectivity index (χ4v) is 1.61. The predicted molar refractivity (Wildman–Crippen MR) is 66.6 cm³/mol. The summed E-state index contributed by atoms with van der Waals surface area (Å²) in [5, 5.41) is 0. The molecule has 0 bridgehead atoms. The fourth-order valence-electron chi connectivity index (χ4n) is 1.61. The van der Waals surface area contributed by atoms with Crippen LogP contribution in [0.4, 0.5) is 13.2 Å². The Bertz CT molecular complexity index is 499. The van der Waals surface area contributed by atoms with Crippen LogP contribution in [-0.4, -0.2) is 33.2 Å². The molecule has 5 nitrogen and oxygen atoms in total. The summed E-state index contributed by atoms with van der Waals surface area (Å²) in [5.41, 5.74) is 0.458. The number of carbonyl (C=O) groups excluding carboxylic acids is 1. The first kappa shape index (κ1) is 16.9. The summed E-state index contributed by atoms with van der Waals surface area (Å²) in [6, 6.07) is 2.49. The molecule has 0 spiro atoms. The number of esters is 1. The molecule has 118 valence electrons. The van der Waals surface area contributed by atoms with Crippen LogP contribution < -0.4 is 14.2 Å². The quantitative estimate of drug-likeness (QED) is 0.756. The van der Waals surface area contributed by atoms with Gasteiger partial charge in [-0.3, -0.25) is 0 Å². The molecule has 1 aromatic carbocycles. The van der Waals surface area contributed by atoms with Crippen LogP contribution in [0, 0.1) is 0 Å². The highest BCUT2D eigenvalue weighted by molar-refractivity contribution is 5.71. The monoisotopic (exact) mass is 308 g/mol. The summed E-state index contributed by atoms with van der Waals surface area (Å²) in [6.45, 7) is 1.32. The summed E-state index contributed by atoms with van der Waals surface area (Å²) in [6.07, 6.45) is -4.47. The number of halogens is 3. The zero-order chi connectivity index (χ0) is 16.0. The SMILES string of the molecule is CCc1cc(OCC(=O)OC)cc(OC(F)(F)F)c1OC. The maximum atomic E-state index is 12.4. The molecule has 1 aromatic rings. The van der Waals surface area contributed by atoms with Crippen LogP contribution in [0.5, 0.6) is 17.2 Å². The molecule has 0 N–H and O–H groups in total. The molecule has 0 saturated carbocycles. The van der Waals surface area contributed by atoms with Gasteiger partial charge in [0.1, 0.15) is 5.75 Å². The Morgan fingerprint density at radius 1 is 1.24 bits per heavy atom. The third-order valence-corrected chi connectivity index (χ3v) is 2.50. The summed E-state index contributed by atoms with van der Waals surface area (Å²) >= 11 is 0. The first-order valence-corrected chi connectivity index (χ1v) is 5.97. The smallest absolute Gasteiger partial charge is 0.493 e. The lowest BCUT2D eigenvalue weighted by Crippen LogP contribution is -2.18. The largest absolute Gasteiger partial charge is 0.573 e. The molecule has 0 aromatic heterocycles. The summed E-state index contributed by atoms with van der Waals surface area (Å²) in [7, 11) is 2.42. The molecule has 0 aliphatic heterocycles. The second-order valence-corrected chi connectivity index (χ2v) is 3.88. The summed E-state index contributed by atoms with van der Waals surface area (Å²) in [5.74, 6) is -1.15. The number of benzene rings is 1. The van der Waals surface area contributed by atoms with Gasteiger partial charge in [0.2, 0.25) is 0 Å². The third kappa shape index (κ3) is 5.05. The molecule has 0 aliphatic carbocycles. The van der Waals surface area contributed by atoms with E-state index in [1.165, 1.54) is 20.3 Å². The Kier molecular flexibility index (Phi) is 5.69. The van der Waals surface area contributed by atoms with E-state index < -0.39 is 24.7 Å².